The first-order valence-corrected chi connectivity index (χ1v) is 9.70. The standard InChI is InChI=1S/C21H21N3O2S/c25-19(22-14-13-16-7-3-1-4-8-16)12-11-18-15-27-21(23-18)24-20(26)17-9-5-2-6-10-17/h1-10,15H,11-14H2,(H,22,25)(H,23,24,26). The van der Waals surface area contributed by atoms with Crippen LogP contribution in [0.15, 0.2) is 66.0 Å². The minimum Gasteiger partial charge on any atom is -0.356 e. The molecule has 0 aliphatic heterocycles. The van der Waals surface area contributed by atoms with Crippen molar-refractivity contribution in [3.05, 3.63) is 82.9 Å². The molecule has 0 bridgehead atoms. The van der Waals surface area contributed by atoms with Gasteiger partial charge < -0.3 is 5.32 Å². The van der Waals surface area contributed by atoms with Gasteiger partial charge in [-0.1, -0.05) is 48.5 Å². The Balaban J connectivity index is 1.40. The molecule has 3 aromatic rings. The highest BCUT2D eigenvalue weighted by molar-refractivity contribution is 7.14. The van der Waals surface area contributed by atoms with E-state index in [4.69, 9.17) is 0 Å². The highest BCUT2D eigenvalue weighted by Gasteiger charge is 2.10. The third kappa shape index (κ3) is 6.04. The van der Waals surface area contributed by atoms with Gasteiger partial charge in [-0.25, -0.2) is 4.98 Å². The molecule has 0 atom stereocenters. The van der Waals surface area contributed by atoms with Gasteiger partial charge in [0, 0.05) is 23.9 Å². The molecule has 0 saturated heterocycles. The van der Waals surface area contributed by atoms with Crippen LogP contribution in [0.2, 0.25) is 0 Å². The number of anilines is 1. The molecule has 0 radical (unpaired) electrons. The van der Waals surface area contributed by atoms with Gasteiger partial charge in [0.2, 0.25) is 5.91 Å². The van der Waals surface area contributed by atoms with Crippen LogP contribution in [0.4, 0.5) is 5.13 Å². The van der Waals surface area contributed by atoms with Crippen molar-refractivity contribution in [2.45, 2.75) is 19.3 Å². The quantitative estimate of drug-likeness (QED) is 0.627. The number of benzene rings is 2. The average Bonchev–Trinajstić information content (AvgIpc) is 3.15. The van der Waals surface area contributed by atoms with E-state index in [1.165, 1.54) is 16.9 Å². The van der Waals surface area contributed by atoms with Crippen molar-refractivity contribution in [3.8, 4) is 0 Å². The van der Waals surface area contributed by atoms with Crippen molar-refractivity contribution >= 4 is 28.3 Å². The molecular weight excluding hydrogens is 358 g/mol. The van der Waals surface area contributed by atoms with Crippen molar-refractivity contribution < 1.29 is 9.59 Å². The van der Waals surface area contributed by atoms with E-state index in [-0.39, 0.29) is 11.8 Å². The van der Waals surface area contributed by atoms with Crippen molar-refractivity contribution in [1.82, 2.24) is 10.3 Å². The Morgan fingerprint density at radius 2 is 1.63 bits per heavy atom. The summed E-state index contributed by atoms with van der Waals surface area (Å²) < 4.78 is 0. The summed E-state index contributed by atoms with van der Waals surface area (Å²) in [7, 11) is 0. The van der Waals surface area contributed by atoms with Crippen LogP contribution in [0.3, 0.4) is 0 Å². The average molecular weight is 379 g/mol. The Labute approximate surface area is 162 Å². The van der Waals surface area contributed by atoms with Crippen molar-refractivity contribution in [2.24, 2.45) is 0 Å². The lowest BCUT2D eigenvalue weighted by atomic mass is 10.1. The molecule has 0 aliphatic carbocycles. The molecule has 0 unspecified atom stereocenters. The SMILES string of the molecule is O=C(CCc1csc(NC(=O)c2ccccc2)n1)NCCc1ccccc1. The van der Waals surface area contributed by atoms with E-state index in [1.54, 1.807) is 12.1 Å². The summed E-state index contributed by atoms with van der Waals surface area (Å²) in [5, 5.41) is 8.13. The second-order valence-electron chi connectivity index (χ2n) is 6.05. The van der Waals surface area contributed by atoms with Crippen LogP contribution in [0.25, 0.3) is 0 Å². The molecule has 3 rings (SSSR count). The Hall–Kier alpha value is -2.99. The first-order chi connectivity index (χ1) is 13.2. The third-order valence-corrected chi connectivity index (χ3v) is 4.80. The summed E-state index contributed by atoms with van der Waals surface area (Å²) in [5.41, 5.74) is 2.60. The number of carbonyl (C=O) groups is 2. The predicted molar refractivity (Wildman–Crippen MR) is 108 cm³/mol. The topological polar surface area (TPSA) is 71.1 Å². The van der Waals surface area contributed by atoms with Gasteiger partial charge in [-0.2, -0.15) is 0 Å². The Bertz CT molecular complexity index is 879. The van der Waals surface area contributed by atoms with Gasteiger partial charge in [0.05, 0.1) is 5.69 Å². The summed E-state index contributed by atoms with van der Waals surface area (Å²) in [6.07, 6.45) is 1.75. The number of nitrogens with one attached hydrogen (secondary N) is 2. The smallest absolute Gasteiger partial charge is 0.257 e. The van der Waals surface area contributed by atoms with Gasteiger partial charge in [-0.05, 0) is 30.5 Å². The molecule has 0 fully saturated rings. The predicted octanol–water partition coefficient (Wildman–Crippen LogP) is 3.69. The molecule has 27 heavy (non-hydrogen) atoms. The fourth-order valence-corrected chi connectivity index (χ4v) is 3.30. The minimum atomic E-state index is -0.185. The van der Waals surface area contributed by atoms with Crippen molar-refractivity contribution in [2.75, 3.05) is 11.9 Å². The molecular formula is C21H21N3O2S. The lowest BCUT2D eigenvalue weighted by Crippen LogP contribution is -2.25. The number of amides is 2. The lowest BCUT2D eigenvalue weighted by Gasteiger charge is -2.04. The molecule has 6 heteroatoms. The first kappa shape index (κ1) is 18.8. The van der Waals surface area contributed by atoms with E-state index >= 15 is 0 Å². The lowest BCUT2D eigenvalue weighted by molar-refractivity contribution is -0.121. The Morgan fingerprint density at radius 1 is 0.926 bits per heavy atom. The van der Waals surface area contributed by atoms with Crippen LogP contribution in [-0.4, -0.2) is 23.3 Å². The highest BCUT2D eigenvalue weighted by atomic mass is 32.1. The number of carbonyl (C=O) groups excluding carboxylic acids is 2. The molecule has 2 aromatic carbocycles. The van der Waals surface area contributed by atoms with Gasteiger partial charge in [0.15, 0.2) is 5.13 Å². The van der Waals surface area contributed by atoms with Crippen LogP contribution in [0, 0.1) is 0 Å². The Kier molecular flexibility index (Phi) is 6.71. The maximum Gasteiger partial charge on any atom is 0.257 e. The van der Waals surface area contributed by atoms with Crippen LogP contribution < -0.4 is 10.6 Å². The highest BCUT2D eigenvalue weighted by Crippen LogP contribution is 2.17. The number of hydrogen-bond donors (Lipinski definition) is 2. The van der Waals surface area contributed by atoms with Crippen molar-refractivity contribution in [3.63, 3.8) is 0 Å². The minimum absolute atomic E-state index is 0.00815. The van der Waals surface area contributed by atoms with Gasteiger partial charge in [-0.15, -0.1) is 11.3 Å². The molecule has 0 saturated carbocycles. The zero-order valence-electron chi connectivity index (χ0n) is 14.9. The fraction of sp³-hybridized carbons (Fsp3) is 0.190. The molecule has 0 aliphatic rings. The number of hydrogen-bond acceptors (Lipinski definition) is 4. The number of aryl methyl sites for hydroxylation is 1. The second-order valence-corrected chi connectivity index (χ2v) is 6.91. The maximum absolute atomic E-state index is 12.1. The van der Waals surface area contributed by atoms with Gasteiger partial charge in [-0.3, -0.25) is 14.9 Å². The molecule has 138 valence electrons. The van der Waals surface area contributed by atoms with Crippen LogP contribution in [-0.2, 0) is 17.6 Å². The molecule has 1 heterocycles. The van der Waals surface area contributed by atoms with E-state index in [2.05, 4.69) is 15.6 Å². The fourth-order valence-electron chi connectivity index (χ4n) is 2.56. The second kappa shape index (κ2) is 9.64. The summed E-state index contributed by atoms with van der Waals surface area (Å²) in [6.45, 7) is 0.623. The Morgan fingerprint density at radius 3 is 2.37 bits per heavy atom. The van der Waals surface area contributed by atoms with Crippen LogP contribution >= 0.6 is 11.3 Å². The maximum atomic E-state index is 12.1. The van der Waals surface area contributed by atoms with Crippen LogP contribution in [0.1, 0.15) is 28.0 Å². The number of aromatic nitrogens is 1. The molecule has 2 N–H and O–H groups in total. The van der Waals surface area contributed by atoms with E-state index in [1.807, 2.05) is 53.9 Å². The first-order valence-electron chi connectivity index (χ1n) is 8.82. The van der Waals surface area contributed by atoms with Gasteiger partial charge in [0.25, 0.3) is 5.91 Å². The molecule has 2 amide bonds. The summed E-state index contributed by atoms with van der Waals surface area (Å²) in [4.78, 5) is 28.5. The zero-order chi connectivity index (χ0) is 18.9. The number of thiazole rings is 1. The molecule has 0 spiro atoms. The third-order valence-electron chi connectivity index (χ3n) is 4.00. The van der Waals surface area contributed by atoms with E-state index in [9.17, 15) is 9.59 Å². The van der Waals surface area contributed by atoms with Crippen molar-refractivity contribution in [1.29, 1.82) is 0 Å². The normalized spacial score (nSPS) is 10.4. The molecule has 5 nitrogen and oxygen atoms in total. The zero-order valence-corrected chi connectivity index (χ0v) is 15.7. The monoisotopic (exact) mass is 379 g/mol. The summed E-state index contributed by atoms with van der Waals surface area (Å²) >= 11 is 1.36. The van der Waals surface area contributed by atoms with Gasteiger partial charge in [0.1, 0.15) is 0 Å². The van der Waals surface area contributed by atoms with Crippen LogP contribution in [0.5, 0.6) is 0 Å². The van der Waals surface area contributed by atoms with E-state index in [0.29, 0.717) is 30.1 Å². The van der Waals surface area contributed by atoms with E-state index < -0.39 is 0 Å². The largest absolute Gasteiger partial charge is 0.356 e. The summed E-state index contributed by atoms with van der Waals surface area (Å²) in [6, 6.07) is 19.1. The summed E-state index contributed by atoms with van der Waals surface area (Å²) in [5.74, 6) is -0.177. The van der Waals surface area contributed by atoms with E-state index in [0.717, 1.165) is 12.1 Å². The number of nitrogens with zero attached hydrogens (tertiary/aromatic N) is 1. The van der Waals surface area contributed by atoms with Gasteiger partial charge >= 0.3 is 0 Å². The number of rotatable bonds is 8. The molecule has 1 aromatic heterocycles.